The Hall–Kier alpha value is -0.410. The fraction of sp³-hybridized carbons (Fsp3) is 0.923. The molecular weight excluding hydrogens is 204 g/mol. The maximum Gasteiger partial charge on any atom is 0.157 e. The Bertz CT molecular complexity index is 254. The van der Waals surface area contributed by atoms with Crippen LogP contribution < -0.4 is 0 Å². The minimum absolute atomic E-state index is 0.0387. The Kier molecular flexibility index (Phi) is 3.65. The van der Waals surface area contributed by atoms with Crippen LogP contribution in [0.4, 0.5) is 0 Å². The van der Waals surface area contributed by atoms with Gasteiger partial charge in [0, 0.05) is 18.4 Å². The highest BCUT2D eigenvalue weighted by atomic mass is 16.7. The van der Waals surface area contributed by atoms with Gasteiger partial charge in [-0.25, -0.2) is 0 Å². The van der Waals surface area contributed by atoms with Gasteiger partial charge >= 0.3 is 0 Å². The van der Waals surface area contributed by atoms with Gasteiger partial charge in [-0.05, 0) is 32.1 Å². The van der Waals surface area contributed by atoms with Gasteiger partial charge in [-0.2, -0.15) is 0 Å². The predicted molar refractivity (Wildman–Crippen MR) is 61.1 cm³/mol. The molecule has 1 heterocycles. The second-order valence-electron chi connectivity index (χ2n) is 5.46. The quantitative estimate of drug-likeness (QED) is 0.726. The molecule has 0 bridgehead atoms. The molecule has 0 aromatic rings. The summed E-state index contributed by atoms with van der Waals surface area (Å²) < 4.78 is 11.6. The van der Waals surface area contributed by atoms with E-state index in [1.165, 1.54) is 6.42 Å². The first-order valence-electron chi connectivity index (χ1n) is 6.41. The van der Waals surface area contributed by atoms with Crippen LogP contribution in [-0.4, -0.2) is 24.8 Å². The van der Waals surface area contributed by atoms with Crippen molar-refractivity contribution in [2.24, 2.45) is 5.41 Å². The van der Waals surface area contributed by atoms with E-state index in [1.807, 2.05) is 13.8 Å². The molecule has 16 heavy (non-hydrogen) atoms. The molecule has 1 unspecified atom stereocenters. The van der Waals surface area contributed by atoms with Crippen LogP contribution in [0.3, 0.4) is 0 Å². The van der Waals surface area contributed by atoms with Crippen LogP contribution in [0, 0.1) is 5.41 Å². The lowest BCUT2D eigenvalue weighted by Gasteiger charge is -2.39. The van der Waals surface area contributed by atoms with Gasteiger partial charge in [0.2, 0.25) is 0 Å². The lowest BCUT2D eigenvalue weighted by atomic mass is 9.74. The number of hydrogen-bond acceptors (Lipinski definition) is 3. The molecule has 0 amide bonds. The molecule has 2 atom stereocenters. The van der Waals surface area contributed by atoms with E-state index in [0.717, 1.165) is 32.3 Å². The Labute approximate surface area is 97.5 Å². The van der Waals surface area contributed by atoms with Crippen molar-refractivity contribution in [2.75, 3.05) is 6.61 Å². The van der Waals surface area contributed by atoms with Crippen molar-refractivity contribution >= 4 is 5.78 Å². The van der Waals surface area contributed by atoms with Crippen LogP contribution in [0.15, 0.2) is 0 Å². The van der Waals surface area contributed by atoms with Crippen molar-refractivity contribution in [2.45, 2.75) is 64.8 Å². The van der Waals surface area contributed by atoms with Gasteiger partial charge in [0.15, 0.2) is 6.29 Å². The van der Waals surface area contributed by atoms with Gasteiger partial charge in [0.25, 0.3) is 0 Å². The van der Waals surface area contributed by atoms with Gasteiger partial charge in [-0.15, -0.1) is 0 Å². The second kappa shape index (κ2) is 4.84. The average molecular weight is 226 g/mol. The number of ether oxygens (including phenoxy) is 2. The van der Waals surface area contributed by atoms with Crippen LogP contribution in [0.5, 0.6) is 0 Å². The van der Waals surface area contributed by atoms with Crippen molar-refractivity contribution in [1.82, 2.24) is 0 Å². The highest BCUT2D eigenvalue weighted by molar-refractivity contribution is 5.85. The van der Waals surface area contributed by atoms with E-state index in [1.54, 1.807) is 0 Å². The van der Waals surface area contributed by atoms with E-state index in [9.17, 15) is 4.79 Å². The first kappa shape index (κ1) is 12.1. The SMILES string of the molecule is CC1(C)C(=O)CCC[C@@H]1OC1CCCCO1. The molecule has 0 aromatic carbocycles. The molecule has 1 aliphatic heterocycles. The van der Waals surface area contributed by atoms with E-state index in [4.69, 9.17) is 9.47 Å². The van der Waals surface area contributed by atoms with Crippen molar-refractivity contribution < 1.29 is 14.3 Å². The summed E-state index contributed by atoms with van der Waals surface area (Å²) in [5.74, 6) is 0.333. The molecule has 2 fully saturated rings. The summed E-state index contributed by atoms with van der Waals surface area (Å²) in [5, 5.41) is 0. The maximum absolute atomic E-state index is 11.8. The standard InChI is InChI=1S/C13H22O3/c1-13(2)10(14)6-5-7-11(13)16-12-8-3-4-9-15-12/h11-12H,3-9H2,1-2H3/t11-,12?/m0/s1. The van der Waals surface area contributed by atoms with E-state index in [2.05, 4.69) is 0 Å². The van der Waals surface area contributed by atoms with E-state index in [0.29, 0.717) is 12.2 Å². The first-order valence-corrected chi connectivity index (χ1v) is 6.41. The zero-order valence-corrected chi connectivity index (χ0v) is 10.3. The van der Waals surface area contributed by atoms with Gasteiger partial charge in [-0.1, -0.05) is 13.8 Å². The fourth-order valence-electron chi connectivity index (χ4n) is 2.55. The zero-order chi connectivity index (χ0) is 11.6. The summed E-state index contributed by atoms with van der Waals surface area (Å²) in [4.78, 5) is 11.8. The molecule has 0 spiro atoms. The molecule has 0 N–H and O–H groups in total. The first-order chi connectivity index (χ1) is 7.60. The highest BCUT2D eigenvalue weighted by Crippen LogP contribution is 2.36. The van der Waals surface area contributed by atoms with Crippen LogP contribution in [-0.2, 0) is 14.3 Å². The number of carbonyl (C=O) groups excluding carboxylic acids is 1. The van der Waals surface area contributed by atoms with Crippen molar-refractivity contribution in [3.8, 4) is 0 Å². The third-order valence-corrected chi connectivity index (χ3v) is 3.85. The monoisotopic (exact) mass is 226 g/mol. The molecular formula is C13H22O3. The Morgan fingerprint density at radius 3 is 2.75 bits per heavy atom. The maximum atomic E-state index is 11.8. The van der Waals surface area contributed by atoms with Crippen molar-refractivity contribution in [3.05, 3.63) is 0 Å². The number of rotatable bonds is 2. The Morgan fingerprint density at radius 2 is 2.06 bits per heavy atom. The van der Waals surface area contributed by atoms with E-state index < -0.39 is 0 Å². The van der Waals surface area contributed by atoms with Gasteiger partial charge in [0.1, 0.15) is 5.78 Å². The highest BCUT2D eigenvalue weighted by Gasteiger charge is 2.41. The topological polar surface area (TPSA) is 35.5 Å². The molecule has 92 valence electrons. The van der Waals surface area contributed by atoms with Gasteiger partial charge in [0.05, 0.1) is 6.10 Å². The molecule has 1 saturated heterocycles. The zero-order valence-electron chi connectivity index (χ0n) is 10.3. The summed E-state index contributed by atoms with van der Waals surface area (Å²) >= 11 is 0. The minimum Gasteiger partial charge on any atom is -0.353 e. The number of carbonyl (C=O) groups is 1. The van der Waals surface area contributed by atoms with E-state index in [-0.39, 0.29) is 17.8 Å². The van der Waals surface area contributed by atoms with Crippen LogP contribution in [0.1, 0.15) is 52.4 Å². The van der Waals surface area contributed by atoms with Gasteiger partial charge in [-0.3, -0.25) is 4.79 Å². The van der Waals surface area contributed by atoms with Gasteiger partial charge < -0.3 is 9.47 Å². The fourth-order valence-corrected chi connectivity index (χ4v) is 2.55. The number of hydrogen-bond donors (Lipinski definition) is 0. The summed E-state index contributed by atoms with van der Waals surface area (Å²) in [5.41, 5.74) is -0.334. The third-order valence-electron chi connectivity index (χ3n) is 3.85. The molecule has 1 saturated carbocycles. The van der Waals surface area contributed by atoms with Crippen molar-refractivity contribution in [1.29, 1.82) is 0 Å². The summed E-state index contributed by atoms with van der Waals surface area (Å²) in [6.45, 7) is 4.80. The molecule has 3 nitrogen and oxygen atoms in total. The largest absolute Gasteiger partial charge is 0.353 e. The van der Waals surface area contributed by atoms with Crippen LogP contribution >= 0.6 is 0 Å². The van der Waals surface area contributed by atoms with Crippen LogP contribution in [0.2, 0.25) is 0 Å². The molecule has 0 aromatic heterocycles. The molecule has 2 aliphatic rings. The molecule has 2 rings (SSSR count). The summed E-state index contributed by atoms with van der Waals surface area (Å²) in [6.07, 6.45) is 5.89. The summed E-state index contributed by atoms with van der Waals surface area (Å²) in [6, 6.07) is 0. The second-order valence-corrected chi connectivity index (χ2v) is 5.46. The lowest BCUT2D eigenvalue weighted by Crippen LogP contribution is -2.45. The number of ketones is 1. The van der Waals surface area contributed by atoms with Crippen LogP contribution in [0.25, 0.3) is 0 Å². The summed E-state index contributed by atoms with van der Waals surface area (Å²) in [7, 11) is 0. The Balaban J connectivity index is 1.94. The molecule has 3 heteroatoms. The molecule has 1 aliphatic carbocycles. The number of Topliss-reactive ketones (excluding diaryl/α,β-unsaturated/α-hetero) is 1. The smallest absolute Gasteiger partial charge is 0.157 e. The van der Waals surface area contributed by atoms with Crippen molar-refractivity contribution in [3.63, 3.8) is 0 Å². The lowest BCUT2D eigenvalue weighted by molar-refractivity contribution is -0.213. The Morgan fingerprint density at radius 1 is 1.25 bits per heavy atom. The predicted octanol–water partition coefficient (Wildman–Crippen LogP) is 2.68. The average Bonchev–Trinajstić information content (AvgIpc) is 2.27. The normalized spacial score (nSPS) is 35.0. The molecule has 0 radical (unpaired) electrons. The minimum atomic E-state index is -0.334. The van der Waals surface area contributed by atoms with E-state index >= 15 is 0 Å². The third kappa shape index (κ3) is 2.46.